The minimum absolute atomic E-state index is 0.258. The predicted octanol–water partition coefficient (Wildman–Crippen LogP) is 1.37. The van der Waals surface area contributed by atoms with Gasteiger partial charge in [0, 0.05) is 20.3 Å². The number of hydrogen-bond donors (Lipinski definition) is 0. The van der Waals surface area contributed by atoms with Crippen LogP contribution < -0.4 is 11.2 Å². The average Bonchev–Trinajstić information content (AvgIpc) is 2.34. The van der Waals surface area contributed by atoms with E-state index < -0.39 is 0 Å². The third kappa shape index (κ3) is 1.90. The molecule has 2 aromatic rings. The smallest absolute Gasteiger partial charge is 0.303 e. The van der Waals surface area contributed by atoms with Gasteiger partial charge in [-0.2, -0.15) is 0 Å². The molecule has 1 heterocycles. The topological polar surface area (TPSA) is 44.0 Å². The highest BCUT2D eigenvalue weighted by Crippen LogP contribution is 2.20. The van der Waals surface area contributed by atoms with Gasteiger partial charge in [0.05, 0.1) is 5.56 Å². The van der Waals surface area contributed by atoms with Crippen LogP contribution in [0, 0.1) is 13.8 Å². The first-order chi connectivity index (χ1) is 8.41. The van der Waals surface area contributed by atoms with Crippen LogP contribution >= 0.6 is 0 Å². The molecule has 0 N–H and O–H groups in total. The Kier molecular flexibility index (Phi) is 2.95. The second-order valence-corrected chi connectivity index (χ2v) is 4.62. The quantitative estimate of drug-likeness (QED) is 0.760. The third-order valence-corrected chi connectivity index (χ3v) is 3.13. The molecule has 0 aliphatic carbocycles. The summed E-state index contributed by atoms with van der Waals surface area (Å²) in [5.74, 6) is 0. The number of rotatable bonds is 1. The van der Waals surface area contributed by atoms with Crippen LogP contribution in [-0.2, 0) is 14.1 Å². The van der Waals surface area contributed by atoms with Crippen molar-refractivity contribution in [2.75, 3.05) is 0 Å². The highest BCUT2D eigenvalue weighted by atomic mass is 16.2. The van der Waals surface area contributed by atoms with Gasteiger partial charge in [0.25, 0.3) is 5.56 Å². The third-order valence-electron chi connectivity index (χ3n) is 3.13. The first-order valence-electron chi connectivity index (χ1n) is 5.76. The molecular weight excluding hydrogens is 228 g/mol. The molecule has 0 radical (unpaired) electrons. The Bertz CT molecular complexity index is 724. The second kappa shape index (κ2) is 4.29. The van der Waals surface area contributed by atoms with Crippen molar-refractivity contribution in [2.24, 2.45) is 14.1 Å². The van der Waals surface area contributed by atoms with Crippen LogP contribution in [-0.4, -0.2) is 9.13 Å². The maximum atomic E-state index is 12.2. The van der Waals surface area contributed by atoms with Gasteiger partial charge in [0.1, 0.15) is 0 Å². The molecule has 0 aliphatic rings. The molecule has 2 rings (SSSR count). The Labute approximate surface area is 105 Å². The molecule has 4 nitrogen and oxygen atoms in total. The van der Waals surface area contributed by atoms with Crippen LogP contribution in [0.5, 0.6) is 0 Å². The van der Waals surface area contributed by atoms with E-state index in [9.17, 15) is 9.59 Å². The summed E-state index contributed by atoms with van der Waals surface area (Å²) in [6, 6.07) is 5.96. The van der Waals surface area contributed by atoms with E-state index in [1.807, 2.05) is 32.0 Å². The maximum absolute atomic E-state index is 12.2. The summed E-state index contributed by atoms with van der Waals surface area (Å²) in [5.41, 5.74) is 2.98. The number of aromatic nitrogens is 2. The minimum atomic E-state index is -0.311. The van der Waals surface area contributed by atoms with Crippen LogP contribution in [0.15, 0.2) is 34.0 Å². The van der Waals surface area contributed by atoms with Gasteiger partial charge in [-0.3, -0.25) is 9.36 Å². The first-order valence-corrected chi connectivity index (χ1v) is 5.76. The Hall–Kier alpha value is -2.10. The molecule has 94 valence electrons. The van der Waals surface area contributed by atoms with Gasteiger partial charge in [-0.15, -0.1) is 0 Å². The van der Waals surface area contributed by atoms with Gasteiger partial charge in [0.15, 0.2) is 0 Å². The van der Waals surface area contributed by atoms with Crippen LogP contribution in [0.25, 0.3) is 11.1 Å². The van der Waals surface area contributed by atoms with E-state index in [2.05, 4.69) is 0 Å². The zero-order valence-electron chi connectivity index (χ0n) is 11.0. The summed E-state index contributed by atoms with van der Waals surface area (Å²) in [6.07, 6.45) is 1.60. The molecule has 18 heavy (non-hydrogen) atoms. The summed E-state index contributed by atoms with van der Waals surface area (Å²) in [7, 11) is 3.15. The second-order valence-electron chi connectivity index (χ2n) is 4.62. The van der Waals surface area contributed by atoms with E-state index in [1.54, 1.807) is 13.2 Å². The standard InChI is InChI=1S/C14H16N2O2/c1-9-5-6-10(2)11(7-9)12-8-15(3)14(18)16(4)13(12)17/h5-8H,1-4H3. The zero-order valence-corrected chi connectivity index (χ0v) is 11.0. The van der Waals surface area contributed by atoms with Crippen molar-refractivity contribution in [3.8, 4) is 11.1 Å². The van der Waals surface area contributed by atoms with Crippen molar-refractivity contribution in [3.05, 3.63) is 56.4 Å². The fraction of sp³-hybridized carbons (Fsp3) is 0.286. The van der Waals surface area contributed by atoms with E-state index in [1.165, 1.54) is 11.6 Å². The van der Waals surface area contributed by atoms with E-state index >= 15 is 0 Å². The molecule has 1 aromatic carbocycles. The van der Waals surface area contributed by atoms with E-state index in [4.69, 9.17) is 0 Å². The van der Waals surface area contributed by atoms with Crippen molar-refractivity contribution in [2.45, 2.75) is 13.8 Å². The van der Waals surface area contributed by atoms with Gasteiger partial charge < -0.3 is 4.57 Å². The molecule has 0 bridgehead atoms. The van der Waals surface area contributed by atoms with Gasteiger partial charge in [-0.05, 0) is 25.0 Å². The fourth-order valence-electron chi connectivity index (χ4n) is 2.02. The lowest BCUT2D eigenvalue weighted by molar-refractivity contribution is 0.688. The first kappa shape index (κ1) is 12.4. The lowest BCUT2D eigenvalue weighted by Gasteiger charge is -2.10. The summed E-state index contributed by atoms with van der Waals surface area (Å²) in [6.45, 7) is 3.94. The molecule has 0 aliphatic heterocycles. The molecule has 4 heteroatoms. The molecule has 0 atom stereocenters. The van der Waals surface area contributed by atoms with E-state index in [0.29, 0.717) is 5.56 Å². The van der Waals surface area contributed by atoms with Crippen molar-refractivity contribution < 1.29 is 0 Å². The largest absolute Gasteiger partial charge is 0.330 e. The lowest BCUT2D eigenvalue weighted by atomic mass is 10.0. The van der Waals surface area contributed by atoms with Crippen molar-refractivity contribution in [1.82, 2.24) is 9.13 Å². The summed E-state index contributed by atoms with van der Waals surface area (Å²) in [4.78, 5) is 23.8. The van der Waals surface area contributed by atoms with Crippen LogP contribution in [0.1, 0.15) is 11.1 Å². The Morgan fingerprint density at radius 2 is 1.67 bits per heavy atom. The van der Waals surface area contributed by atoms with Gasteiger partial charge >= 0.3 is 5.69 Å². The Morgan fingerprint density at radius 3 is 2.33 bits per heavy atom. The van der Waals surface area contributed by atoms with Crippen molar-refractivity contribution in [1.29, 1.82) is 0 Å². The lowest BCUT2D eigenvalue weighted by Crippen LogP contribution is -2.37. The molecule has 0 amide bonds. The number of hydrogen-bond acceptors (Lipinski definition) is 2. The monoisotopic (exact) mass is 244 g/mol. The van der Waals surface area contributed by atoms with Crippen LogP contribution in [0.4, 0.5) is 0 Å². The minimum Gasteiger partial charge on any atom is -0.303 e. The summed E-state index contributed by atoms with van der Waals surface area (Å²) >= 11 is 0. The Morgan fingerprint density at radius 1 is 1.00 bits per heavy atom. The highest BCUT2D eigenvalue weighted by molar-refractivity contribution is 5.66. The van der Waals surface area contributed by atoms with Crippen molar-refractivity contribution in [3.63, 3.8) is 0 Å². The van der Waals surface area contributed by atoms with Gasteiger partial charge in [-0.25, -0.2) is 4.79 Å². The summed E-state index contributed by atoms with van der Waals surface area (Å²) < 4.78 is 2.57. The normalized spacial score (nSPS) is 10.7. The molecule has 0 unspecified atom stereocenters. The number of aryl methyl sites for hydroxylation is 3. The summed E-state index contributed by atoms with van der Waals surface area (Å²) in [5, 5.41) is 0. The molecule has 0 saturated carbocycles. The number of nitrogens with zero attached hydrogens (tertiary/aromatic N) is 2. The van der Waals surface area contributed by atoms with Gasteiger partial charge in [-0.1, -0.05) is 23.8 Å². The average molecular weight is 244 g/mol. The van der Waals surface area contributed by atoms with E-state index in [0.717, 1.165) is 21.3 Å². The van der Waals surface area contributed by atoms with Crippen LogP contribution in [0.2, 0.25) is 0 Å². The fourth-order valence-corrected chi connectivity index (χ4v) is 2.02. The Balaban J connectivity index is 2.84. The molecular formula is C14H16N2O2. The molecule has 1 aromatic heterocycles. The maximum Gasteiger partial charge on any atom is 0.330 e. The van der Waals surface area contributed by atoms with Crippen molar-refractivity contribution >= 4 is 0 Å². The zero-order chi connectivity index (χ0) is 13.4. The van der Waals surface area contributed by atoms with Crippen LogP contribution in [0.3, 0.4) is 0 Å². The molecule has 0 spiro atoms. The predicted molar refractivity (Wildman–Crippen MR) is 71.8 cm³/mol. The van der Waals surface area contributed by atoms with E-state index in [-0.39, 0.29) is 11.2 Å². The highest BCUT2D eigenvalue weighted by Gasteiger charge is 2.11. The molecule has 0 saturated heterocycles. The number of benzene rings is 1. The SMILES string of the molecule is Cc1ccc(C)c(-c2cn(C)c(=O)n(C)c2=O)c1. The molecule has 0 fully saturated rings. The van der Waals surface area contributed by atoms with Gasteiger partial charge in [0.2, 0.25) is 0 Å².